The third-order valence-corrected chi connectivity index (χ3v) is 3.73. The molecule has 0 bridgehead atoms. The van der Waals surface area contributed by atoms with Gasteiger partial charge in [0.15, 0.2) is 0 Å². The molecule has 1 aromatic heterocycles. The highest BCUT2D eigenvalue weighted by Gasteiger charge is 2.26. The molecule has 3 unspecified atom stereocenters. The number of aromatic nitrogens is 2. The highest BCUT2D eigenvalue weighted by atomic mass is 16.3. The molecule has 4 nitrogen and oxygen atoms in total. The van der Waals surface area contributed by atoms with Gasteiger partial charge in [-0.1, -0.05) is 6.42 Å². The van der Waals surface area contributed by atoms with Crippen molar-refractivity contribution in [2.24, 2.45) is 11.8 Å². The van der Waals surface area contributed by atoms with E-state index in [4.69, 9.17) is 0 Å². The van der Waals surface area contributed by atoms with Crippen LogP contribution in [0.2, 0.25) is 0 Å². The second-order valence-corrected chi connectivity index (χ2v) is 4.78. The highest BCUT2D eigenvalue weighted by molar-refractivity contribution is 5.03. The van der Waals surface area contributed by atoms with Crippen molar-refractivity contribution in [1.82, 2.24) is 15.5 Å². The van der Waals surface area contributed by atoms with Gasteiger partial charge in [0.2, 0.25) is 0 Å². The lowest BCUT2D eigenvalue weighted by molar-refractivity contribution is 0.190. The minimum atomic E-state index is 0.308. The number of H-pyrrole nitrogens is 1. The van der Waals surface area contributed by atoms with E-state index in [0.29, 0.717) is 24.5 Å². The summed E-state index contributed by atoms with van der Waals surface area (Å²) in [6.45, 7) is 3.46. The van der Waals surface area contributed by atoms with Gasteiger partial charge >= 0.3 is 0 Å². The van der Waals surface area contributed by atoms with Crippen LogP contribution in [0.3, 0.4) is 0 Å². The van der Waals surface area contributed by atoms with E-state index in [2.05, 4.69) is 22.4 Å². The first-order valence-corrected chi connectivity index (χ1v) is 6.14. The third-order valence-electron chi connectivity index (χ3n) is 3.73. The molecular weight excluding hydrogens is 202 g/mol. The van der Waals surface area contributed by atoms with Crippen LogP contribution in [0.25, 0.3) is 0 Å². The molecule has 4 heteroatoms. The smallest absolute Gasteiger partial charge is 0.0518 e. The summed E-state index contributed by atoms with van der Waals surface area (Å²) in [6, 6.07) is 2.30. The van der Waals surface area contributed by atoms with E-state index < -0.39 is 0 Å². The van der Waals surface area contributed by atoms with E-state index in [9.17, 15) is 5.11 Å². The fraction of sp³-hybridized carbons (Fsp3) is 0.750. The lowest BCUT2D eigenvalue weighted by Gasteiger charge is -2.20. The quantitative estimate of drug-likeness (QED) is 0.708. The van der Waals surface area contributed by atoms with E-state index >= 15 is 0 Å². The molecule has 0 aromatic carbocycles. The second kappa shape index (κ2) is 5.46. The Morgan fingerprint density at radius 1 is 1.56 bits per heavy atom. The predicted octanol–water partition coefficient (Wildman–Crippen LogP) is 1.47. The van der Waals surface area contributed by atoms with Crippen molar-refractivity contribution in [2.45, 2.75) is 32.2 Å². The van der Waals surface area contributed by atoms with Crippen molar-refractivity contribution in [3.05, 3.63) is 18.0 Å². The average Bonchev–Trinajstić information content (AvgIpc) is 2.96. The Bertz CT molecular complexity index is 299. The first kappa shape index (κ1) is 11.6. The summed E-state index contributed by atoms with van der Waals surface area (Å²) < 4.78 is 0. The molecule has 0 radical (unpaired) electrons. The van der Waals surface area contributed by atoms with Crippen molar-refractivity contribution in [3.63, 3.8) is 0 Å². The molecule has 3 atom stereocenters. The topological polar surface area (TPSA) is 60.9 Å². The van der Waals surface area contributed by atoms with Gasteiger partial charge in [-0.2, -0.15) is 5.10 Å². The summed E-state index contributed by atoms with van der Waals surface area (Å²) in [4.78, 5) is 0. The number of aliphatic hydroxyl groups is 1. The van der Waals surface area contributed by atoms with Crippen LogP contribution in [0, 0.1) is 11.8 Å². The average molecular weight is 223 g/mol. The molecule has 2 rings (SSSR count). The van der Waals surface area contributed by atoms with Crippen LogP contribution in [-0.2, 0) is 0 Å². The SMILES string of the molecule is CC(NCC1CCCC1CO)c1ccn[nH]1. The second-order valence-electron chi connectivity index (χ2n) is 4.78. The molecule has 90 valence electrons. The molecule has 3 N–H and O–H groups in total. The normalized spacial score (nSPS) is 27.1. The van der Waals surface area contributed by atoms with Gasteiger partial charge in [-0.05, 0) is 44.2 Å². The zero-order valence-electron chi connectivity index (χ0n) is 9.82. The first-order valence-electron chi connectivity index (χ1n) is 6.14. The standard InChI is InChI=1S/C12H21N3O/c1-9(12-5-6-14-15-12)13-7-10-3-2-4-11(10)8-16/h5-6,9-11,13,16H,2-4,7-8H2,1H3,(H,14,15). The van der Waals surface area contributed by atoms with Gasteiger partial charge in [0, 0.05) is 18.8 Å². The van der Waals surface area contributed by atoms with Crippen molar-refractivity contribution in [3.8, 4) is 0 Å². The number of aromatic amines is 1. The van der Waals surface area contributed by atoms with E-state index in [0.717, 1.165) is 12.2 Å². The molecule has 0 amide bonds. The fourth-order valence-corrected chi connectivity index (χ4v) is 2.57. The van der Waals surface area contributed by atoms with Crippen molar-refractivity contribution in [1.29, 1.82) is 0 Å². The third kappa shape index (κ3) is 2.62. The summed E-state index contributed by atoms with van der Waals surface area (Å²) in [7, 11) is 0. The van der Waals surface area contributed by atoms with Gasteiger partial charge in [0.25, 0.3) is 0 Å². The van der Waals surface area contributed by atoms with Crippen molar-refractivity contribution >= 4 is 0 Å². The largest absolute Gasteiger partial charge is 0.396 e. The van der Waals surface area contributed by atoms with Gasteiger partial charge in [-0.25, -0.2) is 0 Å². The Morgan fingerprint density at radius 2 is 2.38 bits per heavy atom. The molecule has 1 fully saturated rings. The van der Waals surface area contributed by atoms with Crippen LogP contribution in [0.1, 0.15) is 37.9 Å². The monoisotopic (exact) mass is 223 g/mol. The Labute approximate surface area is 96.5 Å². The van der Waals surface area contributed by atoms with E-state index in [1.165, 1.54) is 19.3 Å². The van der Waals surface area contributed by atoms with Crippen LogP contribution < -0.4 is 5.32 Å². The molecule has 0 aliphatic heterocycles. The Morgan fingerprint density at radius 3 is 3.06 bits per heavy atom. The molecule has 1 aromatic rings. The van der Waals surface area contributed by atoms with E-state index in [-0.39, 0.29) is 0 Å². The van der Waals surface area contributed by atoms with Crippen LogP contribution in [0.4, 0.5) is 0 Å². The highest BCUT2D eigenvalue weighted by Crippen LogP contribution is 2.31. The maximum Gasteiger partial charge on any atom is 0.0518 e. The van der Waals surface area contributed by atoms with Crippen LogP contribution in [-0.4, -0.2) is 28.5 Å². The minimum absolute atomic E-state index is 0.308. The number of nitrogens with zero attached hydrogens (tertiary/aromatic N) is 1. The Kier molecular flexibility index (Phi) is 3.96. The zero-order valence-corrected chi connectivity index (χ0v) is 9.82. The Balaban J connectivity index is 1.78. The Hall–Kier alpha value is -0.870. The summed E-state index contributed by atoms with van der Waals surface area (Å²) >= 11 is 0. The van der Waals surface area contributed by atoms with Gasteiger partial charge in [0.1, 0.15) is 0 Å². The number of rotatable bonds is 5. The fourth-order valence-electron chi connectivity index (χ4n) is 2.57. The minimum Gasteiger partial charge on any atom is -0.396 e. The molecule has 1 aliphatic rings. The van der Waals surface area contributed by atoms with Crippen LogP contribution in [0.5, 0.6) is 0 Å². The van der Waals surface area contributed by atoms with Gasteiger partial charge < -0.3 is 10.4 Å². The summed E-state index contributed by atoms with van der Waals surface area (Å²) in [5, 5.41) is 19.7. The molecule has 16 heavy (non-hydrogen) atoms. The maximum atomic E-state index is 9.24. The number of hydrogen-bond donors (Lipinski definition) is 3. The lowest BCUT2D eigenvalue weighted by Crippen LogP contribution is -2.29. The number of nitrogens with one attached hydrogen (secondary N) is 2. The zero-order chi connectivity index (χ0) is 11.4. The number of hydrogen-bond acceptors (Lipinski definition) is 3. The molecule has 1 saturated carbocycles. The van der Waals surface area contributed by atoms with Crippen LogP contribution >= 0.6 is 0 Å². The van der Waals surface area contributed by atoms with Gasteiger partial charge in [-0.3, -0.25) is 5.10 Å². The molecule has 1 heterocycles. The lowest BCUT2D eigenvalue weighted by atomic mass is 9.96. The van der Waals surface area contributed by atoms with E-state index in [1.807, 2.05) is 6.07 Å². The molecular formula is C12H21N3O. The first-order chi connectivity index (χ1) is 7.81. The van der Waals surface area contributed by atoms with Crippen LogP contribution in [0.15, 0.2) is 12.3 Å². The van der Waals surface area contributed by atoms with Gasteiger partial charge in [-0.15, -0.1) is 0 Å². The summed E-state index contributed by atoms with van der Waals surface area (Å²) in [6.07, 6.45) is 5.46. The summed E-state index contributed by atoms with van der Waals surface area (Å²) in [5.41, 5.74) is 1.12. The predicted molar refractivity (Wildman–Crippen MR) is 62.9 cm³/mol. The molecule has 1 aliphatic carbocycles. The van der Waals surface area contributed by atoms with Crippen molar-refractivity contribution < 1.29 is 5.11 Å². The molecule has 0 saturated heterocycles. The molecule has 0 spiro atoms. The maximum absolute atomic E-state index is 9.24. The van der Waals surface area contributed by atoms with Gasteiger partial charge in [0.05, 0.1) is 5.69 Å². The van der Waals surface area contributed by atoms with E-state index in [1.54, 1.807) is 6.20 Å². The number of aliphatic hydroxyl groups excluding tert-OH is 1. The van der Waals surface area contributed by atoms with Crippen molar-refractivity contribution in [2.75, 3.05) is 13.2 Å². The summed E-state index contributed by atoms with van der Waals surface area (Å²) in [5.74, 6) is 1.14.